The average molecular weight is 237 g/mol. The first-order valence-electron chi connectivity index (χ1n) is 5.11. The molecule has 0 unspecified atom stereocenters. The minimum atomic E-state index is -1.07. The van der Waals surface area contributed by atoms with E-state index in [1.807, 2.05) is 0 Å². The summed E-state index contributed by atoms with van der Waals surface area (Å²) in [5, 5.41) is 11.5. The molecule has 0 aliphatic rings. The molecule has 2 N–H and O–H groups in total. The molecular weight excluding hydrogens is 222 g/mol. The third-order valence-electron chi connectivity index (χ3n) is 2.21. The first-order valence-corrected chi connectivity index (χ1v) is 5.11. The van der Waals surface area contributed by atoms with Crippen molar-refractivity contribution >= 4 is 11.9 Å². The van der Waals surface area contributed by atoms with Gasteiger partial charge >= 0.3 is 5.97 Å². The van der Waals surface area contributed by atoms with Crippen molar-refractivity contribution in [3.8, 4) is 0 Å². The van der Waals surface area contributed by atoms with Crippen LogP contribution in [0.25, 0.3) is 0 Å². The molecule has 1 rings (SSSR count). The van der Waals surface area contributed by atoms with Gasteiger partial charge in [-0.05, 0) is 5.41 Å². The molecule has 1 aromatic rings. The van der Waals surface area contributed by atoms with E-state index >= 15 is 0 Å². The molecule has 0 radical (unpaired) electrons. The Morgan fingerprint density at radius 1 is 1.29 bits per heavy atom. The number of nitrogens with zero attached hydrogens (tertiary/aromatic N) is 2. The Balaban J connectivity index is 2.83. The van der Waals surface area contributed by atoms with Crippen molar-refractivity contribution in [1.29, 1.82) is 0 Å². The van der Waals surface area contributed by atoms with Gasteiger partial charge in [-0.25, -0.2) is 14.8 Å². The van der Waals surface area contributed by atoms with E-state index < -0.39 is 23.3 Å². The van der Waals surface area contributed by atoms with Gasteiger partial charge < -0.3 is 10.4 Å². The zero-order valence-electron chi connectivity index (χ0n) is 9.97. The molecule has 0 bridgehead atoms. The summed E-state index contributed by atoms with van der Waals surface area (Å²) < 4.78 is 0. The highest BCUT2D eigenvalue weighted by Crippen LogP contribution is 2.19. The second-order valence-corrected chi connectivity index (χ2v) is 4.74. The lowest BCUT2D eigenvalue weighted by atomic mass is 9.86. The van der Waals surface area contributed by atoms with Crippen LogP contribution in [0, 0.1) is 5.41 Å². The minimum Gasteiger partial charge on any atom is -0.480 e. The van der Waals surface area contributed by atoms with Gasteiger partial charge in [0.25, 0.3) is 5.91 Å². The molecule has 1 heterocycles. The van der Waals surface area contributed by atoms with Crippen LogP contribution in [0.15, 0.2) is 18.7 Å². The second-order valence-electron chi connectivity index (χ2n) is 4.74. The van der Waals surface area contributed by atoms with Gasteiger partial charge in [0.05, 0.1) is 5.56 Å². The SMILES string of the molecule is CC(C)(C)[C@H](NC(=O)c1cncnc1)C(=O)O. The van der Waals surface area contributed by atoms with Gasteiger partial charge in [0.2, 0.25) is 0 Å². The summed E-state index contributed by atoms with van der Waals surface area (Å²) in [6, 6.07) is -0.963. The minimum absolute atomic E-state index is 0.239. The maximum atomic E-state index is 11.8. The molecule has 0 fully saturated rings. The Labute approximate surface area is 99.1 Å². The van der Waals surface area contributed by atoms with Crippen LogP contribution in [-0.2, 0) is 4.79 Å². The van der Waals surface area contributed by atoms with Crippen molar-refractivity contribution in [2.24, 2.45) is 5.41 Å². The van der Waals surface area contributed by atoms with Gasteiger partial charge in [-0.15, -0.1) is 0 Å². The van der Waals surface area contributed by atoms with Gasteiger partial charge in [-0.2, -0.15) is 0 Å². The molecule has 0 saturated heterocycles. The van der Waals surface area contributed by atoms with Crippen molar-refractivity contribution in [3.05, 3.63) is 24.3 Å². The average Bonchev–Trinajstić information content (AvgIpc) is 2.24. The molecule has 1 atom stereocenters. The van der Waals surface area contributed by atoms with Crippen molar-refractivity contribution < 1.29 is 14.7 Å². The number of carbonyl (C=O) groups is 2. The van der Waals surface area contributed by atoms with E-state index in [1.54, 1.807) is 20.8 Å². The Hall–Kier alpha value is -1.98. The lowest BCUT2D eigenvalue weighted by Gasteiger charge is -2.27. The van der Waals surface area contributed by atoms with Crippen LogP contribution in [0.1, 0.15) is 31.1 Å². The summed E-state index contributed by atoms with van der Waals surface area (Å²) in [6.45, 7) is 5.23. The highest BCUT2D eigenvalue weighted by molar-refractivity contribution is 5.96. The van der Waals surface area contributed by atoms with Gasteiger partial charge in [-0.3, -0.25) is 4.79 Å². The number of nitrogens with one attached hydrogen (secondary N) is 1. The molecular formula is C11H15N3O3. The first kappa shape index (κ1) is 13.1. The Morgan fingerprint density at radius 3 is 2.24 bits per heavy atom. The van der Waals surface area contributed by atoms with E-state index in [0.717, 1.165) is 0 Å². The summed E-state index contributed by atoms with van der Waals surface area (Å²) >= 11 is 0. The maximum absolute atomic E-state index is 11.8. The predicted molar refractivity (Wildman–Crippen MR) is 60.4 cm³/mol. The fourth-order valence-electron chi connectivity index (χ4n) is 1.28. The van der Waals surface area contributed by atoms with Crippen molar-refractivity contribution in [2.45, 2.75) is 26.8 Å². The molecule has 17 heavy (non-hydrogen) atoms. The quantitative estimate of drug-likeness (QED) is 0.807. The molecule has 0 spiro atoms. The smallest absolute Gasteiger partial charge is 0.326 e. The summed E-state index contributed by atoms with van der Waals surface area (Å²) in [6.07, 6.45) is 3.98. The fourth-order valence-corrected chi connectivity index (χ4v) is 1.28. The molecule has 0 aromatic carbocycles. The fraction of sp³-hybridized carbons (Fsp3) is 0.455. The van der Waals surface area contributed by atoms with E-state index in [9.17, 15) is 9.59 Å². The number of carboxylic acids is 1. The zero-order valence-corrected chi connectivity index (χ0v) is 9.97. The maximum Gasteiger partial charge on any atom is 0.326 e. The van der Waals surface area contributed by atoms with E-state index in [1.165, 1.54) is 18.7 Å². The van der Waals surface area contributed by atoms with Crippen LogP contribution in [0.3, 0.4) is 0 Å². The number of rotatable bonds is 3. The standard InChI is InChI=1S/C11H15N3O3/c1-11(2,3)8(10(16)17)14-9(15)7-4-12-6-13-5-7/h4-6,8H,1-3H3,(H,14,15)(H,16,17)/t8-/m1/s1. The van der Waals surface area contributed by atoms with Gasteiger partial charge in [0.1, 0.15) is 12.4 Å². The zero-order chi connectivity index (χ0) is 13.1. The largest absolute Gasteiger partial charge is 0.480 e. The van der Waals surface area contributed by atoms with Crippen molar-refractivity contribution in [2.75, 3.05) is 0 Å². The number of carbonyl (C=O) groups excluding carboxylic acids is 1. The molecule has 0 aliphatic heterocycles. The van der Waals surface area contributed by atoms with Crippen LogP contribution in [-0.4, -0.2) is 33.0 Å². The van der Waals surface area contributed by atoms with E-state index in [-0.39, 0.29) is 5.56 Å². The van der Waals surface area contributed by atoms with Crippen LogP contribution in [0.5, 0.6) is 0 Å². The number of carboxylic acid groups (broad SMARTS) is 1. The van der Waals surface area contributed by atoms with Crippen molar-refractivity contribution in [3.63, 3.8) is 0 Å². The van der Waals surface area contributed by atoms with Gasteiger partial charge in [0, 0.05) is 12.4 Å². The monoisotopic (exact) mass is 237 g/mol. The Morgan fingerprint density at radius 2 is 1.82 bits per heavy atom. The molecule has 92 valence electrons. The van der Waals surface area contributed by atoms with Crippen LogP contribution in [0.4, 0.5) is 0 Å². The van der Waals surface area contributed by atoms with Crippen molar-refractivity contribution in [1.82, 2.24) is 15.3 Å². The Bertz CT molecular complexity index is 412. The summed E-state index contributed by atoms with van der Waals surface area (Å²) in [5.74, 6) is -1.56. The first-order chi connectivity index (χ1) is 7.82. The third-order valence-corrected chi connectivity index (χ3v) is 2.21. The van der Waals surface area contributed by atoms with E-state index in [2.05, 4.69) is 15.3 Å². The van der Waals surface area contributed by atoms with E-state index in [4.69, 9.17) is 5.11 Å². The lowest BCUT2D eigenvalue weighted by molar-refractivity contribution is -0.142. The normalized spacial score (nSPS) is 12.9. The number of hydrogen-bond donors (Lipinski definition) is 2. The van der Waals surface area contributed by atoms with Gasteiger partial charge in [0.15, 0.2) is 0 Å². The molecule has 0 aliphatic carbocycles. The molecule has 6 heteroatoms. The summed E-state index contributed by atoms with van der Waals surface area (Å²) in [4.78, 5) is 30.2. The number of amides is 1. The number of hydrogen-bond acceptors (Lipinski definition) is 4. The number of aromatic nitrogens is 2. The van der Waals surface area contributed by atoms with E-state index in [0.29, 0.717) is 0 Å². The highest BCUT2D eigenvalue weighted by Gasteiger charge is 2.32. The molecule has 6 nitrogen and oxygen atoms in total. The predicted octanol–water partition coefficient (Wildman–Crippen LogP) is 0.706. The molecule has 1 aromatic heterocycles. The summed E-state index contributed by atoms with van der Waals surface area (Å²) in [5.41, 5.74) is -0.333. The van der Waals surface area contributed by atoms with Gasteiger partial charge in [-0.1, -0.05) is 20.8 Å². The van der Waals surface area contributed by atoms with Crippen LogP contribution >= 0.6 is 0 Å². The summed E-state index contributed by atoms with van der Waals surface area (Å²) in [7, 11) is 0. The third kappa shape index (κ3) is 3.51. The highest BCUT2D eigenvalue weighted by atomic mass is 16.4. The van der Waals surface area contributed by atoms with Crippen LogP contribution < -0.4 is 5.32 Å². The number of aliphatic carboxylic acids is 1. The lowest BCUT2D eigenvalue weighted by Crippen LogP contribution is -2.49. The topological polar surface area (TPSA) is 92.2 Å². The second kappa shape index (κ2) is 4.90. The Kier molecular flexibility index (Phi) is 3.77. The van der Waals surface area contributed by atoms with Crippen LogP contribution in [0.2, 0.25) is 0 Å². The molecule has 1 amide bonds. The molecule has 0 saturated carbocycles.